The number of halogens is 1. The average Bonchev–Trinajstić information content (AvgIpc) is 2.97. The van der Waals surface area contributed by atoms with Gasteiger partial charge in [0, 0.05) is 16.6 Å². The zero-order valence-corrected chi connectivity index (χ0v) is 16.3. The molecule has 132 valence electrons. The van der Waals surface area contributed by atoms with Gasteiger partial charge >= 0.3 is 5.97 Å². The van der Waals surface area contributed by atoms with Crippen LogP contribution in [0.2, 0.25) is 0 Å². The molecule has 0 saturated heterocycles. The van der Waals surface area contributed by atoms with Gasteiger partial charge in [0.1, 0.15) is 0 Å². The van der Waals surface area contributed by atoms with Gasteiger partial charge in [-0.2, -0.15) is 4.99 Å². The maximum Gasteiger partial charge on any atom is 0.337 e. The lowest BCUT2D eigenvalue weighted by atomic mass is 10.1. The van der Waals surface area contributed by atoms with Gasteiger partial charge in [0.05, 0.1) is 22.9 Å². The van der Waals surface area contributed by atoms with E-state index in [1.165, 1.54) is 18.4 Å². The fourth-order valence-electron chi connectivity index (χ4n) is 2.46. The Morgan fingerprint density at radius 3 is 2.58 bits per heavy atom. The van der Waals surface area contributed by atoms with Crippen molar-refractivity contribution < 1.29 is 14.3 Å². The Bertz CT molecular complexity index is 1060. The summed E-state index contributed by atoms with van der Waals surface area (Å²) in [4.78, 5) is 28.9. The van der Waals surface area contributed by atoms with Crippen molar-refractivity contribution in [2.24, 2.45) is 4.99 Å². The maximum absolute atomic E-state index is 12.5. The van der Waals surface area contributed by atoms with Crippen molar-refractivity contribution in [2.75, 3.05) is 7.11 Å². The number of allylic oxidation sites excluding steroid dienone is 1. The number of rotatable bonds is 4. The van der Waals surface area contributed by atoms with E-state index in [1.807, 2.05) is 22.8 Å². The third-order valence-corrected chi connectivity index (χ3v) is 5.24. The minimum atomic E-state index is -0.445. The predicted octanol–water partition coefficient (Wildman–Crippen LogP) is 4.18. The van der Waals surface area contributed by atoms with Gasteiger partial charge in [0.25, 0.3) is 5.91 Å². The van der Waals surface area contributed by atoms with Gasteiger partial charge in [-0.1, -0.05) is 33.3 Å². The monoisotopic (exact) mass is 430 g/mol. The quantitative estimate of drug-likeness (QED) is 0.460. The Kier molecular flexibility index (Phi) is 5.49. The smallest absolute Gasteiger partial charge is 0.337 e. The van der Waals surface area contributed by atoms with Crippen LogP contribution in [0.15, 0.2) is 64.6 Å². The zero-order valence-electron chi connectivity index (χ0n) is 13.9. The van der Waals surface area contributed by atoms with E-state index < -0.39 is 5.97 Å². The molecule has 0 aliphatic heterocycles. The van der Waals surface area contributed by atoms with Crippen molar-refractivity contribution in [3.63, 3.8) is 0 Å². The van der Waals surface area contributed by atoms with E-state index in [2.05, 4.69) is 32.2 Å². The summed E-state index contributed by atoms with van der Waals surface area (Å²) in [6.45, 7) is 4.33. The number of carbonyl (C=O) groups excluding carboxylic acids is 2. The van der Waals surface area contributed by atoms with Crippen LogP contribution >= 0.6 is 27.3 Å². The molecule has 1 amide bonds. The highest BCUT2D eigenvalue weighted by atomic mass is 79.9. The van der Waals surface area contributed by atoms with Crippen LogP contribution in [0.3, 0.4) is 0 Å². The van der Waals surface area contributed by atoms with Gasteiger partial charge in [-0.15, -0.1) is 6.58 Å². The number of aromatic nitrogens is 1. The van der Waals surface area contributed by atoms with Crippen molar-refractivity contribution in [1.82, 2.24) is 4.57 Å². The summed E-state index contributed by atoms with van der Waals surface area (Å²) in [5.74, 6) is -0.815. The Morgan fingerprint density at radius 2 is 1.92 bits per heavy atom. The minimum absolute atomic E-state index is 0.371. The zero-order chi connectivity index (χ0) is 18.7. The molecule has 3 aromatic rings. The van der Waals surface area contributed by atoms with E-state index in [4.69, 9.17) is 0 Å². The normalized spacial score (nSPS) is 11.5. The summed E-state index contributed by atoms with van der Waals surface area (Å²) in [5.41, 5.74) is 1.78. The summed E-state index contributed by atoms with van der Waals surface area (Å²) in [6, 6.07) is 12.2. The molecule has 0 fully saturated rings. The predicted molar refractivity (Wildman–Crippen MR) is 105 cm³/mol. The number of carbonyl (C=O) groups is 2. The third kappa shape index (κ3) is 3.68. The van der Waals surface area contributed by atoms with E-state index in [9.17, 15) is 9.59 Å². The molecule has 0 atom stereocenters. The second-order valence-corrected chi connectivity index (χ2v) is 7.31. The van der Waals surface area contributed by atoms with Crippen LogP contribution in [0.25, 0.3) is 10.2 Å². The van der Waals surface area contributed by atoms with Crippen molar-refractivity contribution in [2.45, 2.75) is 6.54 Å². The van der Waals surface area contributed by atoms with Gasteiger partial charge in [0.15, 0.2) is 4.80 Å². The van der Waals surface area contributed by atoms with Crippen molar-refractivity contribution in [3.8, 4) is 0 Å². The number of benzene rings is 2. The number of thiazole rings is 1. The van der Waals surface area contributed by atoms with Crippen LogP contribution in [0.1, 0.15) is 20.7 Å². The molecule has 0 spiro atoms. The van der Waals surface area contributed by atoms with Crippen LogP contribution in [0, 0.1) is 0 Å². The fraction of sp³-hybridized carbons (Fsp3) is 0.105. The van der Waals surface area contributed by atoms with Crippen molar-refractivity contribution in [3.05, 3.63) is 75.5 Å². The number of amides is 1. The van der Waals surface area contributed by atoms with Gasteiger partial charge in [-0.25, -0.2) is 4.79 Å². The summed E-state index contributed by atoms with van der Waals surface area (Å²) >= 11 is 4.90. The van der Waals surface area contributed by atoms with E-state index >= 15 is 0 Å². The lowest BCUT2D eigenvalue weighted by Gasteiger charge is -2.02. The maximum atomic E-state index is 12.5. The molecule has 2 aromatic carbocycles. The van der Waals surface area contributed by atoms with E-state index in [0.717, 1.165) is 14.7 Å². The molecule has 0 bridgehead atoms. The van der Waals surface area contributed by atoms with E-state index in [-0.39, 0.29) is 5.91 Å². The van der Waals surface area contributed by atoms with Gasteiger partial charge in [0.2, 0.25) is 0 Å². The molecule has 1 heterocycles. The summed E-state index contributed by atoms with van der Waals surface area (Å²) < 4.78 is 8.59. The lowest BCUT2D eigenvalue weighted by Crippen LogP contribution is -2.16. The first-order chi connectivity index (χ1) is 12.5. The number of methoxy groups -OCH3 is 1. The van der Waals surface area contributed by atoms with Crippen LogP contribution in [0.4, 0.5) is 0 Å². The Morgan fingerprint density at radius 1 is 1.23 bits per heavy atom. The number of nitrogens with zero attached hydrogens (tertiary/aromatic N) is 2. The molecule has 0 saturated carbocycles. The molecule has 1 aromatic heterocycles. The van der Waals surface area contributed by atoms with Crippen LogP contribution in [0.5, 0.6) is 0 Å². The molecule has 5 nitrogen and oxygen atoms in total. The van der Waals surface area contributed by atoms with Crippen molar-refractivity contribution in [1.29, 1.82) is 0 Å². The minimum Gasteiger partial charge on any atom is -0.465 e. The van der Waals surface area contributed by atoms with Crippen LogP contribution in [-0.2, 0) is 11.3 Å². The van der Waals surface area contributed by atoms with E-state index in [0.29, 0.717) is 22.5 Å². The fourth-order valence-corrected chi connectivity index (χ4v) is 4.05. The van der Waals surface area contributed by atoms with Crippen LogP contribution in [-0.4, -0.2) is 23.6 Å². The number of hydrogen-bond donors (Lipinski definition) is 0. The molecule has 26 heavy (non-hydrogen) atoms. The van der Waals surface area contributed by atoms with E-state index in [1.54, 1.807) is 30.3 Å². The van der Waals surface area contributed by atoms with Crippen LogP contribution < -0.4 is 4.80 Å². The molecule has 3 rings (SSSR count). The standard InChI is InChI=1S/C19H15BrN2O3S/c1-3-10-22-15-9-8-14(20)11-16(15)26-19(22)21-17(23)12-4-6-13(7-5-12)18(24)25-2/h3-9,11H,1,10H2,2H3. The third-order valence-electron chi connectivity index (χ3n) is 3.71. The van der Waals surface area contributed by atoms with Gasteiger partial charge < -0.3 is 9.30 Å². The van der Waals surface area contributed by atoms with Crippen molar-refractivity contribution >= 4 is 49.4 Å². The van der Waals surface area contributed by atoms with Gasteiger partial charge in [-0.3, -0.25) is 4.79 Å². The second-order valence-electron chi connectivity index (χ2n) is 5.38. The number of ether oxygens (including phenoxy) is 1. The number of hydrogen-bond acceptors (Lipinski definition) is 4. The Hall–Kier alpha value is -2.51. The lowest BCUT2D eigenvalue weighted by molar-refractivity contribution is 0.0600. The molecule has 7 heteroatoms. The largest absolute Gasteiger partial charge is 0.465 e. The topological polar surface area (TPSA) is 60.7 Å². The molecule has 0 radical (unpaired) electrons. The molecule has 0 N–H and O–H groups in total. The molecular formula is C19H15BrN2O3S. The molecular weight excluding hydrogens is 416 g/mol. The summed E-state index contributed by atoms with van der Waals surface area (Å²) in [7, 11) is 1.31. The summed E-state index contributed by atoms with van der Waals surface area (Å²) in [6.07, 6.45) is 1.77. The number of esters is 1. The first-order valence-electron chi connectivity index (χ1n) is 7.70. The Balaban J connectivity index is 2.03. The number of fused-ring (bicyclic) bond motifs is 1. The highest BCUT2D eigenvalue weighted by Gasteiger charge is 2.11. The highest BCUT2D eigenvalue weighted by Crippen LogP contribution is 2.22. The SMILES string of the molecule is C=CCn1c(=NC(=O)c2ccc(C(=O)OC)cc2)sc2cc(Br)ccc21. The first-order valence-corrected chi connectivity index (χ1v) is 9.31. The second kappa shape index (κ2) is 7.80. The first kappa shape index (κ1) is 18.3. The Labute approximate surface area is 162 Å². The van der Waals surface area contributed by atoms with Gasteiger partial charge in [-0.05, 0) is 42.5 Å². The average molecular weight is 431 g/mol. The molecule has 0 aliphatic carbocycles. The molecule has 0 unspecified atom stereocenters. The highest BCUT2D eigenvalue weighted by molar-refractivity contribution is 9.10. The molecule has 0 aliphatic rings. The summed E-state index contributed by atoms with van der Waals surface area (Å²) in [5, 5.41) is 0.